The average Bonchev–Trinajstić information content (AvgIpc) is 2.81. The van der Waals surface area contributed by atoms with Gasteiger partial charge in [0, 0.05) is 37.8 Å². The first-order valence-corrected chi connectivity index (χ1v) is 11.3. The minimum absolute atomic E-state index is 0.217. The summed E-state index contributed by atoms with van der Waals surface area (Å²) in [5.41, 5.74) is 4.44. The van der Waals surface area contributed by atoms with Crippen LogP contribution in [0.2, 0.25) is 0 Å². The van der Waals surface area contributed by atoms with E-state index in [0.29, 0.717) is 6.04 Å². The zero-order valence-electron chi connectivity index (χ0n) is 19.4. The molecular formula is C27H32FN3O. The first kappa shape index (κ1) is 22.3. The molecule has 1 aliphatic heterocycles. The SMILES string of the molecule is COc1ccc(CN2CCN(c3ccc(-c4ccc(F)cc4)c(C(C)C)n3)CC2C)cc1. The summed E-state index contributed by atoms with van der Waals surface area (Å²) < 4.78 is 18.6. The smallest absolute Gasteiger partial charge is 0.128 e. The van der Waals surface area contributed by atoms with E-state index in [0.717, 1.165) is 54.6 Å². The number of aromatic nitrogens is 1. The van der Waals surface area contributed by atoms with Gasteiger partial charge < -0.3 is 9.64 Å². The average molecular weight is 434 g/mol. The molecule has 0 N–H and O–H groups in total. The Morgan fingerprint density at radius 3 is 2.34 bits per heavy atom. The molecule has 1 aromatic heterocycles. The topological polar surface area (TPSA) is 28.6 Å². The predicted molar refractivity (Wildman–Crippen MR) is 129 cm³/mol. The molecule has 0 radical (unpaired) electrons. The molecule has 0 aliphatic carbocycles. The van der Waals surface area contributed by atoms with Gasteiger partial charge in [0.25, 0.3) is 0 Å². The summed E-state index contributed by atoms with van der Waals surface area (Å²) in [4.78, 5) is 9.96. The maximum absolute atomic E-state index is 13.4. The summed E-state index contributed by atoms with van der Waals surface area (Å²) in [6, 6.07) is 19.7. The summed E-state index contributed by atoms with van der Waals surface area (Å²) in [5, 5.41) is 0. The van der Waals surface area contributed by atoms with Crippen molar-refractivity contribution in [2.75, 3.05) is 31.6 Å². The van der Waals surface area contributed by atoms with Crippen molar-refractivity contribution < 1.29 is 9.13 Å². The molecule has 0 amide bonds. The van der Waals surface area contributed by atoms with Gasteiger partial charge in [-0.2, -0.15) is 0 Å². The third-order valence-corrected chi connectivity index (χ3v) is 6.25. The van der Waals surface area contributed by atoms with Gasteiger partial charge in [0.1, 0.15) is 17.4 Å². The molecule has 32 heavy (non-hydrogen) atoms. The van der Waals surface area contributed by atoms with Crippen LogP contribution in [0.4, 0.5) is 10.2 Å². The summed E-state index contributed by atoms with van der Waals surface area (Å²) in [6.45, 7) is 10.4. The van der Waals surface area contributed by atoms with Gasteiger partial charge in [-0.25, -0.2) is 9.37 Å². The molecular weight excluding hydrogens is 401 g/mol. The van der Waals surface area contributed by atoms with Gasteiger partial charge in [-0.3, -0.25) is 4.90 Å². The third-order valence-electron chi connectivity index (χ3n) is 6.25. The van der Waals surface area contributed by atoms with Gasteiger partial charge in [0.2, 0.25) is 0 Å². The largest absolute Gasteiger partial charge is 0.497 e. The lowest BCUT2D eigenvalue weighted by Gasteiger charge is -2.40. The molecule has 1 fully saturated rings. The van der Waals surface area contributed by atoms with Gasteiger partial charge in [-0.05, 0) is 60.4 Å². The summed E-state index contributed by atoms with van der Waals surface area (Å²) in [5.74, 6) is 1.98. The van der Waals surface area contributed by atoms with E-state index in [1.165, 1.54) is 17.7 Å². The molecule has 1 saturated heterocycles. The first-order valence-electron chi connectivity index (χ1n) is 11.3. The Bertz CT molecular complexity index is 1030. The first-order chi connectivity index (χ1) is 15.4. The molecule has 1 unspecified atom stereocenters. The highest BCUT2D eigenvalue weighted by atomic mass is 19.1. The molecule has 2 heterocycles. The van der Waals surface area contributed by atoms with E-state index >= 15 is 0 Å². The predicted octanol–water partition coefficient (Wildman–Crippen LogP) is 5.73. The van der Waals surface area contributed by atoms with Crippen LogP contribution in [0.1, 0.15) is 37.9 Å². The molecule has 5 heteroatoms. The number of hydrogen-bond donors (Lipinski definition) is 0. The second kappa shape index (κ2) is 9.70. The van der Waals surface area contributed by atoms with Crippen LogP contribution in [0.25, 0.3) is 11.1 Å². The fraction of sp³-hybridized carbons (Fsp3) is 0.370. The van der Waals surface area contributed by atoms with Crippen LogP contribution in [-0.4, -0.2) is 42.7 Å². The molecule has 3 aromatic rings. The Morgan fingerprint density at radius 2 is 1.72 bits per heavy atom. The van der Waals surface area contributed by atoms with Crippen LogP contribution in [0, 0.1) is 5.82 Å². The number of nitrogens with zero attached hydrogens (tertiary/aromatic N) is 3. The Kier molecular flexibility index (Phi) is 6.75. The molecule has 1 aliphatic rings. The highest BCUT2D eigenvalue weighted by Gasteiger charge is 2.25. The summed E-state index contributed by atoms with van der Waals surface area (Å²) in [7, 11) is 1.70. The Labute approximate surface area is 190 Å². The van der Waals surface area contributed by atoms with E-state index in [-0.39, 0.29) is 11.7 Å². The van der Waals surface area contributed by atoms with Gasteiger partial charge in [-0.1, -0.05) is 38.1 Å². The highest BCUT2D eigenvalue weighted by Crippen LogP contribution is 2.31. The number of methoxy groups -OCH3 is 1. The van der Waals surface area contributed by atoms with E-state index in [1.54, 1.807) is 7.11 Å². The number of anilines is 1. The number of piperazine rings is 1. The molecule has 168 valence electrons. The fourth-order valence-corrected chi connectivity index (χ4v) is 4.36. The number of pyridine rings is 1. The number of halogens is 1. The van der Waals surface area contributed by atoms with Crippen LogP contribution >= 0.6 is 0 Å². The van der Waals surface area contributed by atoms with Crippen LogP contribution in [-0.2, 0) is 6.54 Å². The zero-order chi connectivity index (χ0) is 22.7. The minimum Gasteiger partial charge on any atom is -0.497 e. The monoisotopic (exact) mass is 433 g/mol. The van der Waals surface area contributed by atoms with Gasteiger partial charge in [0.05, 0.1) is 12.8 Å². The number of ether oxygens (including phenoxy) is 1. The number of rotatable bonds is 6. The maximum Gasteiger partial charge on any atom is 0.128 e. The molecule has 0 saturated carbocycles. The normalized spacial score (nSPS) is 17.1. The lowest BCUT2D eigenvalue weighted by Crippen LogP contribution is -2.51. The molecule has 0 spiro atoms. The van der Waals surface area contributed by atoms with Crippen molar-refractivity contribution in [1.82, 2.24) is 9.88 Å². The lowest BCUT2D eigenvalue weighted by atomic mass is 9.97. The fourth-order valence-electron chi connectivity index (χ4n) is 4.36. The molecule has 4 nitrogen and oxygen atoms in total. The molecule has 4 rings (SSSR count). The van der Waals surface area contributed by atoms with Gasteiger partial charge >= 0.3 is 0 Å². The van der Waals surface area contributed by atoms with Crippen molar-refractivity contribution >= 4 is 5.82 Å². The van der Waals surface area contributed by atoms with E-state index in [1.807, 2.05) is 24.3 Å². The van der Waals surface area contributed by atoms with Crippen LogP contribution < -0.4 is 9.64 Å². The molecule has 0 bridgehead atoms. The number of benzene rings is 2. The molecule has 2 aromatic carbocycles. The second-order valence-electron chi connectivity index (χ2n) is 8.88. The van der Waals surface area contributed by atoms with Gasteiger partial charge in [0.15, 0.2) is 0 Å². The molecule has 1 atom stereocenters. The minimum atomic E-state index is -0.217. The number of hydrogen-bond acceptors (Lipinski definition) is 4. The van der Waals surface area contributed by atoms with Crippen molar-refractivity contribution in [2.45, 2.75) is 39.3 Å². The Morgan fingerprint density at radius 1 is 1.00 bits per heavy atom. The second-order valence-corrected chi connectivity index (χ2v) is 8.88. The van der Waals surface area contributed by atoms with Crippen molar-refractivity contribution in [2.24, 2.45) is 0 Å². The summed E-state index contributed by atoms with van der Waals surface area (Å²) in [6.07, 6.45) is 0. The lowest BCUT2D eigenvalue weighted by molar-refractivity contribution is 0.180. The van der Waals surface area contributed by atoms with Crippen molar-refractivity contribution in [3.05, 3.63) is 77.7 Å². The van der Waals surface area contributed by atoms with Crippen molar-refractivity contribution in [3.8, 4) is 16.9 Å². The van der Waals surface area contributed by atoms with Crippen LogP contribution in [0.5, 0.6) is 5.75 Å². The maximum atomic E-state index is 13.4. The van der Waals surface area contributed by atoms with E-state index < -0.39 is 0 Å². The zero-order valence-corrected chi connectivity index (χ0v) is 19.4. The highest BCUT2D eigenvalue weighted by molar-refractivity contribution is 5.68. The summed E-state index contributed by atoms with van der Waals surface area (Å²) >= 11 is 0. The Hall–Kier alpha value is -2.92. The van der Waals surface area contributed by atoms with E-state index in [2.05, 4.69) is 54.8 Å². The van der Waals surface area contributed by atoms with Crippen LogP contribution in [0.3, 0.4) is 0 Å². The quantitative estimate of drug-likeness (QED) is 0.496. The van der Waals surface area contributed by atoms with Crippen molar-refractivity contribution in [3.63, 3.8) is 0 Å². The third kappa shape index (κ3) is 4.94. The van der Waals surface area contributed by atoms with E-state index in [9.17, 15) is 4.39 Å². The van der Waals surface area contributed by atoms with Gasteiger partial charge in [-0.15, -0.1) is 0 Å². The standard InChI is InChI=1S/C27H32FN3O/c1-19(2)27-25(22-7-9-23(28)10-8-22)13-14-26(29-27)31-16-15-30(20(3)17-31)18-21-5-11-24(32-4)12-6-21/h5-14,19-20H,15-18H2,1-4H3. The van der Waals surface area contributed by atoms with E-state index in [4.69, 9.17) is 9.72 Å². The van der Waals surface area contributed by atoms with Crippen molar-refractivity contribution in [1.29, 1.82) is 0 Å². The van der Waals surface area contributed by atoms with Crippen LogP contribution in [0.15, 0.2) is 60.7 Å². The Balaban J connectivity index is 1.48.